The van der Waals surface area contributed by atoms with Crippen molar-refractivity contribution in [2.45, 2.75) is 20.4 Å². The summed E-state index contributed by atoms with van der Waals surface area (Å²) < 4.78 is 31.1. The van der Waals surface area contributed by atoms with Gasteiger partial charge in [0, 0.05) is 25.4 Å². The summed E-state index contributed by atoms with van der Waals surface area (Å²) in [5.41, 5.74) is 0.601. The Labute approximate surface area is 101 Å². The van der Waals surface area contributed by atoms with Crippen LogP contribution in [0, 0.1) is 11.6 Å². The minimum Gasteiger partial charge on any atom is -0.500 e. The molecule has 1 aromatic carbocycles. The maximum atomic E-state index is 13.0. The predicted molar refractivity (Wildman–Crippen MR) is 63.2 cm³/mol. The molecule has 0 aliphatic rings. The lowest BCUT2D eigenvalue weighted by atomic mass is 10.2. The Hall–Kier alpha value is -1.58. The summed E-state index contributed by atoms with van der Waals surface area (Å²) in [7, 11) is 1.58. The minimum atomic E-state index is -0.552. The van der Waals surface area contributed by atoms with E-state index < -0.39 is 11.6 Å². The zero-order valence-corrected chi connectivity index (χ0v) is 10.3. The van der Waals surface area contributed by atoms with Gasteiger partial charge in [-0.2, -0.15) is 0 Å². The second-order valence-electron chi connectivity index (χ2n) is 3.78. The Morgan fingerprint density at radius 2 is 1.88 bits per heavy atom. The van der Waals surface area contributed by atoms with E-state index in [1.165, 1.54) is 12.1 Å². The molecule has 0 aliphatic carbocycles. The number of benzene rings is 1. The Bertz CT molecular complexity index is 384. The van der Waals surface area contributed by atoms with Crippen LogP contribution in [0.1, 0.15) is 19.4 Å². The monoisotopic (exact) mass is 241 g/mol. The molecular weight excluding hydrogens is 224 g/mol. The molecule has 1 aromatic rings. The minimum absolute atomic E-state index is 0.450. The number of hydrogen-bond donors (Lipinski definition) is 0. The maximum absolute atomic E-state index is 13.0. The molecule has 0 unspecified atom stereocenters. The number of allylic oxidation sites excluding steroid dienone is 1. The van der Waals surface area contributed by atoms with Gasteiger partial charge < -0.3 is 9.64 Å². The van der Waals surface area contributed by atoms with Gasteiger partial charge in [-0.3, -0.25) is 0 Å². The van der Waals surface area contributed by atoms with Gasteiger partial charge in [-0.15, -0.1) is 0 Å². The summed E-state index contributed by atoms with van der Waals surface area (Å²) in [5.74, 6) is -0.351. The van der Waals surface area contributed by atoms with E-state index in [2.05, 4.69) is 0 Å². The van der Waals surface area contributed by atoms with Crippen molar-refractivity contribution < 1.29 is 13.5 Å². The number of methoxy groups -OCH3 is 1. The van der Waals surface area contributed by atoms with Crippen LogP contribution in [0.5, 0.6) is 0 Å². The van der Waals surface area contributed by atoms with Gasteiger partial charge >= 0.3 is 0 Å². The van der Waals surface area contributed by atoms with E-state index in [0.29, 0.717) is 12.1 Å². The smallest absolute Gasteiger partial charge is 0.126 e. The molecule has 0 spiro atoms. The zero-order chi connectivity index (χ0) is 12.8. The second kappa shape index (κ2) is 6.23. The molecule has 0 saturated heterocycles. The zero-order valence-electron chi connectivity index (χ0n) is 10.3. The highest BCUT2D eigenvalue weighted by atomic mass is 19.1. The molecule has 0 fully saturated rings. The van der Waals surface area contributed by atoms with E-state index in [0.717, 1.165) is 18.4 Å². The van der Waals surface area contributed by atoms with E-state index in [-0.39, 0.29) is 0 Å². The van der Waals surface area contributed by atoms with Crippen molar-refractivity contribution in [3.05, 3.63) is 47.4 Å². The van der Waals surface area contributed by atoms with Crippen molar-refractivity contribution in [2.75, 3.05) is 13.7 Å². The van der Waals surface area contributed by atoms with E-state index >= 15 is 0 Å². The highest BCUT2D eigenvalue weighted by Gasteiger charge is 2.04. The van der Waals surface area contributed by atoms with Gasteiger partial charge in [-0.25, -0.2) is 8.78 Å². The standard InChI is InChI=1S/C13H17F2NO/c1-4-16(8-10(2)17-3)9-11-5-12(14)7-13(15)6-11/h5-8H,4,9H2,1-3H3/b10-8+. The Morgan fingerprint density at radius 3 is 2.35 bits per heavy atom. The van der Waals surface area contributed by atoms with Gasteiger partial charge in [0.15, 0.2) is 0 Å². The first-order valence-corrected chi connectivity index (χ1v) is 5.46. The van der Waals surface area contributed by atoms with Crippen LogP contribution in [0.25, 0.3) is 0 Å². The van der Waals surface area contributed by atoms with Crippen molar-refractivity contribution in [3.8, 4) is 0 Å². The first-order valence-electron chi connectivity index (χ1n) is 5.46. The third-order valence-corrected chi connectivity index (χ3v) is 2.40. The molecule has 94 valence electrons. The van der Waals surface area contributed by atoms with Crippen molar-refractivity contribution in [3.63, 3.8) is 0 Å². The lowest BCUT2D eigenvalue weighted by Gasteiger charge is -2.19. The molecular formula is C13H17F2NO. The van der Waals surface area contributed by atoms with Crippen LogP contribution in [0.3, 0.4) is 0 Å². The van der Waals surface area contributed by atoms with Gasteiger partial charge in [-0.1, -0.05) is 0 Å². The van der Waals surface area contributed by atoms with Crippen LogP contribution in [0.15, 0.2) is 30.2 Å². The lowest BCUT2D eigenvalue weighted by Crippen LogP contribution is -2.17. The molecule has 2 nitrogen and oxygen atoms in total. The number of nitrogens with zero attached hydrogens (tertiary/aromatic N) is 1. The molecule has 0 atom stereocenters. The van der Waals surface area contributed by atoms with E-state index in [4.69, 9.17) is 4.74 Å². The topological polar surface area (TPSA) is 12.5 Å². The summed E-state index contributed by atoms with van der Waals surface area (Å²) in [6.45, 7) is 4.98. The van der Waals surface area contributed by atoms with Gasteiger partial charge in [-0.05, 0) is 31.5 Å². The highest BCUT2D eigenvalue weighted by Crippen LogP contribution is 2.11. The number of rotatable bonds is 5. The lowest BCUT2D eigenvalue weighted by molar-refractivity contribution is 0.271. The van der Waals surface area contributed by atoms with Crippen LogP contribution in [-0.4, -0.2) is 18.6 Å². The first kappa shape index (κ1) is 13.5. The van der Waals surface area contributed by atoms with Crippen LogP contribution in [-0.2, 0) is 11.3 Å². The van der Waals surface area contributed by atoms with Gasteiger partial charge in [0.25, 0.3) is 0 Å². The Morgan fingerprint density at radius 1 is 1.29 bits per heavy atom. The van der Waals surface area contributed by atoms with Crippen molar-refractivity contribution in [1.82, 2.24) is 4.90 Å². The predicted octanol–water partition coefficient (Wildman–Crippen LogP) is 3.29. The molecule has 0 heterocycles. The van der Waals surface area contributed by atoms with Crippen LogP contribution >= 0.6 is 0 Å². The van der Waals surface area contributed by atoms with Gasteiger partial charge in [0.05, 0.1) is 7.11 Å². The molecule has 0 N–H and O–H groups in total. The number of halogens is 2. The van der Waals surface area contributed by atoms with Crippen molar-refractivity contribution >= 4 is 0 Å². The average Bonchev–Trinajstić information content (AvgIpc) is 2.26. The molecule has 0 aliphatic heterocycles. The third-order valence-electron chi connectivity index (χ3n) is 2.40. The van der Waals surface area contributed by atoms with E-state index in [1.54, 1.807) is 7.11 Å². The second-order valence-corrected chi connectivity index (χ2v) is 3.78. The summed E-state index contributed by atoms with van der Waals surface area (Å²) in [5, 5.41) is 0. The molecule has 0 bridgehead atoms. The largest absolute Gasteiger partial charge is 0.500 e. The molecule has 1 rings (SSSR count). The quantitative estimate of drug-likeness (QED) is 0.733. The Balaban J connectivity index is 2.80. The van der Waals surface area contributed by atoms with Gasteiger partial charge in [0.1, 0.15) is 17.4 Å². The first-order chi connectivity index (χ1) is 8.05. The molecule has 0 saturated carbocycles. The molecule has 4 heteroatoms. The maximum Gasteiger partial charge on any atom is 0.126 e. The summed E-state index contributed by atoms with van der Waals surface area (Å²) >= 11 is 0. The van der Waals surface area contributed by atoms with Crippen LogP contribution in [0.4, 0.5) is 8.78 Å². The summed E-state index contributed by atoms with van der Waals surface area (Å²) in [6.07, 6.45) is 1.82. The fourth-order valence-corrected chi connectivity index (χ4v) is 1.50. The summed E-state index contributed by atoms with van der Waals surface area (Å²) in [6, 6.07) is 3.54. The Kier molecular flexibility index (Phi) is 4.94. The van der Waals surface area contributed by atoms with E-state index in [9.17, 15) is 8.78 Å². The average molecular weight is 241 g/mol. The fourth-order valence-electron chi connectivity index (χ4n) is 1.50. The molecule has 0 radical (unpaired) electrons. The van der Waals surface area contributed by atoms with Crippen LogP contribution < -0.4 is 0 Å². The highest BCUT2D eigenvalue weighted by molar-refractivity contribution is 5.18. The fraction of sp³-hybridized carbons (Fsp3) is 0.385. The normalized spacial score (nSPS) is 11.5. The van der Waals surface area contributed by atoms with E-state index in [1.807, 2.05) is 24.9 Å². The van der Waals surface area contributed by atoms with Crippen molar-refractivity contribution in [2.24, 2.45) is 0 Å². The van der Waals surface area contributed by atoms with Gasteiger partial charge in [0.2, 0.25) is 0 Å². The SMILES string of the molecule is CCN(/C=C(\C)OC)Cc1cc(F)cc(F)c1. The third kappa shape index (κ3) is 4.43. The van der Waals surface area contributed by atoms with Crippen molar-refractivity contribution in [1.29, 1.82) is 0 Å². The van der Waals surface area contributed by atoms with Crippen LogP contribution in [0.2, 0.25) is 0 Å². The molecule has 0 aromatic heterocycles. The molecule has 17 heavy (non-hydrogen) atoms. The summed E-state index contributed by atoms with van der Waals surface area (Å²) in [4.78, 5) is 1.92. The number of ether oxygens (including phenoxy) is 1. The number of hydrogen-bond acceptors (Lipinski definition) is 2. The molecule has 0 amide bonds.